The SMILES string of the molecule is CCCCCC(C)NC(=O)c1cnc(NC)cn1. The van der Waals surface area contributed by atoms with Crippen LogP contribution in [0.1, 0.15) is 50.0 Å². The summed E-state index contributed by atoms with van der Waals surface area (Å²) < 4.78 is 0. The molecule has 0 saturated heterocycles. The molecule has 0 radical (unpaired) electrons. The van der Waals surface area contributed by atoms with E-state index in [1.165, 1.54) is 19.0 Å². The monoisotopic (exact) mass is 250 g/mol. The van der Waals surface area contributed by atoms with Crippen LogP contribution in [0, 0.1) is 0 Å². The van der Waals surface area contributed by atoms with Crippen molar-refractivity contribution in [3.63, 3.8) is 0 Å². The molecular weight excluding hydrogens is 228 g/mol. The topological polar surface area (TPSA) is 66.9 Å². The van der Waals surface area contributed by atoms with Crippen molar-refractivity contribution in [3.05, 3.63) is 18.1 Å². The van der Waals surface area contributed by atoms with E-state index in [0.717, 1.165) is 12.8 Å². The Bertz CT molecular complexity index is 364. The van der Waals surface area contributed by atoms with Crippen molar-refractivity contribution in [1.29, 1.82) is 0 Å². The highest BCUT2D eigenvalue weighted by Gasteiger charge is 2.11. The molecule has 1 amide bonds. The van der Waals surface area contributed by atoms with Gasteiger partial charge >= 0.3 is 0 Å². The van der Waals surface area contributed by atoms with Crippen LogP contribution in [0.4, 0.5) is 5.82 Å². The van der Waals surface area contributed by atoms with Gasteiger partial charge in [0.15, 0.2) is 0 Å². The van der Waals surface area contributed by atoms with Crippen LogP contribution in [0.25, 0.3) is 0 Å². The summed E-state index contributed by atoms with van der Waals surface area (Å²) in [4.78, 5) is 20.0. The fourth-order valence-electron chi connectivity index (χ4n) is 1.64. The van der Waals surface area contributed by atoms with Gasteiger partial charge in [-0.25, -0.2) is 9.97 Å². The van der Waals surface area contributed by atoms with Gasteiger partial charge < -0.3 is 10.6 Å². The molecule has 0 aliphatic heterocycles. The lowest BCUT2D eigenvalue weighted by Crippen LogP contribution is -2.33. The van der Waals surface area contributed by atoms with Gasteiger partial charge in [-0.2, -0.15) is 0 Å². The van der Waals surface area contributed by atoms with Crippen LogP contribution in [0.3, 0.4) is 0 Å². The molecule has 1 heterocycles. The summed E-state index contributed by atoms with van der Waals surface area (Å²) in [5.74, 6) is 0.497. The maximum Gasteiger partial charge on any atom is 0.271 e. The summed E-state index contributed by atoms with van der Waals surface area (Å²) in [7, 11) is 1.76. The van der Waals surface area contributed by atoms with Gasteiger partial charge in [-0.05, 0) is 13.3 Å². The number of hydrogen-bond acceptors (Lipinski definition) is 4. The first-order valence-electron chi connectivity index (χ1n) is 6.48. The first kappa shape index (κ1) is 14.4. The normalized spacial score (nSPS) is 11.9. The summed E-state index contributed by atoms with van der Waals surface area (Å²) in [6.45, 7) is 4.19. The fourth-order valence-corrected chi connectivity index (χ4v) is 1.64. The van der Waals surface area contributed by atoms with E-state index in [0.29, 0.717) is 11.5 Å². The first-order valence-corrected chi connectivity index (χ1v) is 6.48. The van der Waals surface area contributed by atoms with Crippen LogP contribution >= 0.6 is 0 Å². The number of carbonyl (C=O) groups excluding carboxylic acids is 1. The molecule has 0 aliphatic rings. The van der Waals surface area contributed by atoms with E-state index >= 15 is 0 Å². The lowest BCUT2D eigenvalue weighted by atomic mass is 10.1. The Morgan fingerprint density at radius 1 is 1.33 bits per heavy atom. The molecule has 5 nitrogen and oxygen atoms in total. The van der Waals surface area contributed by atoms with Crippen molar-refractivity contribution in [1.82, 2.24) is 15.3 Å². The molecule has 18 heavy (non-hydrogen) atoms. The minimum Gasteiger partial charge on any atom is -0.372 e. The second-order valence-corrected chi connectivity index (χ2v) is 4.41. The quantitative estimate of drug-likeness (QED) is 0.728. The second kappa shape index (κ2) is 7.63. The molecule has 0 saturated carbocycles. The minimum atomic E-state index is -0.158. The van der Waals surface area contributed by atoms with E-state index in [4.69, 9.17) is 0 Å². The Hall–Kier alpha value is -1.65. The summed E-state index contributed by atoms with van der Waals surface area (Å²) in [5, 5.41) is 5.79. The largest absolute Gasteiger partial charge is 0.372 e. The Balaban J connectivity index is 2.43. The zero-order valence-electron chi connectivity index (χ0n) is 11.4. The number of aromatic nitrogens is 2. The van der Waals surface area contributed by atoms with Crippen molar-refractivity contribution in [2.24, 2.45) is 0 Å². The summed E-state index contributed by atoms with van der Waals surface area (Å²) in [6.07, 6.45) is 7.58. The van der Waals surface area contributed by atoms with Crippen LogP contribution < -0.4 is 10.6 Å². The van der Waals surface area contributed by atoms with Crippen molar-refractivity contribution in [3.8, 4) is 0 Å². The Kier molecular flexibility index (Phi) is 6.11. The predicted molar refractivity (Wildman–Crippen MR) is 72.6 cm³/mol. The molecule has 5 heteroatoms. The maximum absolute atomic E-state index is 11.9. The minimum absolute atomic E-state index is 0.158. The zero-order chi connectivity index (χ0) is 13.4. The van der Waals surface area contributed by atoms with Crippen LogP contribution in [0.2, 0.25) is 0 Å². The molecule has 1 unspecified atom stereocenters. The molecular formula is C13H22N4O. The van der Waals surface area contributed by atoms with E-state index in [1.807, 2.05) is 6.92 Å². The van der Waals surface area contributed by atoms with Gasteiger partial charge in [-0.1, -0.05) is 26.2 Å². The number of anilines is 1. The van der Waals surface area contributed by atoms with Crippen molar-refractivity contribution >= 4 is 11.7 Å². The molecule has 1 atom stereocenters. The fraction of sp³-hybridized carbons (Fsp3) is 0.615. The van der Waals surface area contributed by atoms with Gasteiger partial charge in [0.05, 0.1) is 12.4 Å². The second-order valence-electron chi connectivity index (χ2n) is 4.41. The Morgan fingerprint density at radius 2 is 2.11 bits per heavy atom. The van der Waals surface area contributed by atoms with E-state index < -0.39 is 0 Å². The Morgan fingerprint density at radius 3 is 2.67 bits per heavy atom. The van der Waals surface area contributed by atoms with Crippen molar-refractivity contribution in [2.75, 3.05) is 12.4 Å². The number of unbranched alkanes of at least 4 members (excludes halogenated alkanes) is 2. The molecule has 1 aromatic heterocycles. The maximum atomic E-state index is 11.9. The molecule has 1 rings (SSSR count). The van der Waals surface area contributed by atoms with Crippen molar-refractivity contribution < 1.29 is 4.79 Å². The van der Waals surface area contributed by atoms with E-state index in [2.05, 4.69) is 27.5 Å². The highest BCUT2D eigenvalue weighted by Crippen LogP contribution is 2.04. The lowest BCUT2D eigenvalue weighted by molar-refractivity contribution is 0.0932. The molecule has 0 aliphatic carbocycles. The highest BCUT2D eigenvalue weighted by molar-refractivity contribution is 5.92. The van der Waals surface area contributed by atoms with Gasteiger partial charge in [0.2, 0.25) is 0 Å². The molecule has 100 valence electrons. The average Bonchev–Trinajstić information content (AvgIpc) is 2.39. The third kappa shape index (κ3) is 4.69. The standard InChI is InChI=1S/C13H22N4O/c1-4-5-6-7-10(2)17-13(18)11-8-16-12(14-3)9-15-11/h8-10H,4-7H2,1-3H3,(H,14,16)(H,17,18). The van der Waals surface area contributed by atoms with Gasteiger partial charge in [-0.3, -0.25) is 4.79 Å². The number of carbonyl (C=O) groups is 1. The van der Waals surface area contributed by atoms with E-state index in [9.17, 15) is 4.79 Å². The van der Waals surface area contributed by atoms with E-state index in [-0.39, 0.29) is 11.9 Å². The third-order valence-corrected chi connectivity index (χ3v) is 2.76. The van der Waals surface area contributed by atoms with Crippen LogP contribution in [0.5, 0.6) is 0 Å². The molecule has 2 N–H and O–H groups in total. The number of hydrogen-bond donors (Lipinski definition) is 2. The van der Waals surface area contributed by atoms with Gasteiger partial charge in [0.1, 0.15) is 11.5 Å². The third-order valence-electron chi connectivity index (χ3n) is 2.76. The molecule has 0 spiro atoms. The highest BCUT2D eigenvalue weighted by atomic mass is 16.1. The van der Waals surface area contributed by atoms with Gasteiger partial charge in [-0.15, -0.1) is 0 Å². The molecule has 0 fully saturated rings. The zero-order valence-corrected chi connectivity index (χ0v) is 11.4. The summed E-state index contributed by atoms with van der Waals surface area (Å²) in [5.41, 5.74) is 0.358. The average molecular weight is 250 g/mol. The molecule has 0 aromatic carbocycles. The number of nitrogens with zero attached hydrogens (tertiary/aromatic N) is 2. The summed E-state index contributed by atoms with van der Waals surface area (Å²) in [6, 6.07) is 0.176. The van der Waals surface area contributed by atoms with Crippen LogP contribution in [-0.4, -0.2) is 29.0 Å². The predicted octanol–water partition coefficient (Wildman–Crippen LogP) is 2.22. The first-order chi connectivity index (χ1) is 8.67. The summed E-state index contributed by atoms with van der Waals surface area (Å²) >= 11 is 0. The smallest absolute Gasteiger partial charge is 0.271 e. The van der Waals surface area contributed by atoms with Crippen LogP contribution in [-0.2, 0) is 0 Å². The van der Waals surface area contributed by atoms with Gasteiger partial charge in [0, 0.05) is 13.1 Å². The molecule has 0 bridgehead atoms. The number of nitrogens with one attached hydrogen (secondary N) is 2. The Labute approximate surface area is 108 Å². The lowest BCUT2D eigenvalue weighted by Gasteiger charge is -2.13. The van der Waals surface area contributed by atoms with Gasteiger partial charge in [0.25, 0.3) is 5.91 Å². The number of amides is 1. The van der Waals surface area contributed by atoms with Crippen LogP contribution in [0.15, 0.2) is 12.4 Å². The number of rotatable bonds is 7. The van der Waals surface area contributed by atoms with Crippen molar-refractivity contribution in [2.45, 2.75) is 45.6 Å². The molecule has 1 aromatic rings. The van der Waals surface area contributed by atoms with E-state index in [1.54, 1.807) is 13.2 Å².